The number of allylic oxidation sites excluding steroid dienone is 1. The Morgan fingerprint density at radius 3 is 2.48 bits per heavy atom. The molecular weight excluding hydrogens is 431 g/mol. The Hall–Kier alpha value is -2.58. The summed E-state index contributed by atoms with van der Waals surface area (Å²) < 4.78 is 15.0. The van der Waals surface area contributed by atoms with E-state index in [2.05, 4.69) is 29.0 Å². The molecule has 0 atom stereocenters. The number of nitrogens with one attached hydrogen (secondary N) is 1. The first-order valence-electron chi connectivity index (χ1n) is 9.95. The van der Waals surface area contributed by atoms with Crippen LogP contribution in [0.25, 0.3) is 0 Å². The highest BCUT2D eigenvalue weighted by molar-refractivity contribution is 7.99. The third-order valence-electron chi connectivity index (χ3n) is 4.50. The molecule has 0 unspecified atom stereocenters. The first kappa shape index (κ1) is 23.1. The zero-order chi connectivity index (χ0) is 22.1. The summed E-state index contributed by atoms with van der Waals surface area (Å²) in [5.41, 5.74) is 3.07. The van der Waals surface area contributed by atoms with Gasteiger partial charge in [-0.3, -0.25) is 4.79 Å². The smallest absolute Gasteiger partial charge is 0.234 e. The van der Waals surface area contributed by atoms with Gasteiger partial charge in [-0.1, -0.05) is 49.0 Å². The third-order valence-corrected chi connectivity index (χ3v) is 6.46. The number of anilines is 1. The summed E-state index contributed by atoms with van der Waals surface area (Å²) in [6.45, 7) is 6.48. The van der Waals surface area contributed by atoms with Crippen LogP contribution >= 0.6 is 23.5 Å². The van der Waals surface area contributed by atoms with Crippen LogP contribution in [0.5, 0.6) is 0 Å². The monoisotopic (exact) mass is 456 g/mol. The lowest BCUT2D eigenvalue weighted by Gasteiger charge is -2.08. The number of aromatic nitrogens is 3. The second-order valence-corrected chi connectivity index (χ2v) is 8.73. The summed E-state index contributed by atoms with van der Waals surface area (Å²) >= 11 is 3.03. The number of carbonyl (C=O) groups is 1. The minimum absolute atomic E-state index is 0.0883. The molecule has 162 valence electrons. The fourth-order valence-electron chi connectivity index (χ4n) is 2.84. The van der Waals surface area contributed by atoms with Gasteiger partial charge in [0.05, 0.1) is 11.5 Å². The van der Waals surface area contributed by atoms with Crippen LogP contribution in [0.2, 0.25) is 0 Å². The predicted molar refractivity (Wildman–Crippen MR) is 127 cm³/mol. The second kappa shape index (κ2) is 11.7. The Bertz CT molecular complexity index is 1000. The number of carbonyl (C=O) groups excluding carboxylic acids is 1. The van der Waals surface area contributed by atoms with Crippen molar-refractivity contribution in [3.8, 4) is 0 Å². The second-order valence-electron chi connectivity index (χ2n) is 6.80. The van der Waals surface area contributed by atoms with Crippen molar-refractivity contribution in [2.75, 3.05) is 11.1 Å². The number of amides is 1. The molecule has 0 saturated heterocycles. The molecule has 1 aromatic heterocycles. The summed E-state index contributed by atoms with van der Waals surface area (Å²) in [6, 6.07) is 14.4. The Morgan fingerprint density at radius 2 is 1.81 bits per heavy atom. The van der Waals surface area contributed by atoms with E-state index >= 15 is 0 Å². The maximum atomic E-state index is 13.0. The molecule has 2 aromatic carbocycles. The fourth-order valence-corrected chi connectivity index (χ4v) is 4.53. The Labute approximate surface area is 190 Å². The largest absolute Gasteiger partial charge is 0.325 e. The molecule has 0 radical (unpaired) electrons. The highest BCUT2D eigenvalue weighted by Gasteiger charge is 2.14. The molecule has 1 amide bonds. The molecule has 0 bridgehead atoms. The van der Waals surface area contributed by atoms with Crippen LogP contribution in [-0.4, -0.2) is 26.4 Å². The van der Waals surface area contributed by atoms with Crippen LogP contribution in [0.15, 0.2) is 66.3 Å². The van der Waals surface area contributed by atoms with Crippen LogP contribution in [0.3, 0.4) is 0 Å². The van der Waals surface area contributed by atoms with Crippen molar-refractivity contribution < 1.29 is 9.18 Å². The zero-order valence-corrected chi connectivity index (χ0v) is 19.0. The molecule has 0 aliphatic heterocycles. The molecule has 0 aliphatic carbocycles. The number of thioether (sulfide) groups is 2. The first-order valence-corrected chi connectivity index (χ1v) is 12.1. The van der Waals surface area contributed by atoms with Crippen molar-refractivity contribution in [1.82, 2.24) is 14.8 Å². The average Bonchev–Trinajstić information content (AvgIpc) is 3.16. The van der Waals surface area contributed by atoms with Gasteiger partial charge in [-0.25, -0.2) is 4.39 Å². The van der Waals surface area contributed by atoms with Gasteiger partial charge in [0.25, 0.3) is 0 Å². The van der Waals surface area contributed by atoms with E-state index in [1.165, 1.54) is 29.5 Å². The lowest BCUT2D eigenvalue weighted by molar-refractivity contribution is -0.113. The summed E-state index contributed by atoms with van der Waals surface area (Å²) in [6.07, 6.45) is 2.75. The Kier molecular flexibility index (Phi) is 8.73. The normalized spacial score (nSPS) is 10.8. The molecule has 0 fully saturated rings. The molecular formula is C23H25FN4OS2. The van der Waals surface area contributed by atoms with Crippen LogP contribution in [-0.2, 0) is 29.3 Å². The van der Waals surface area contributed by atoms with Gasteiger partial charge in [0.1, 0.15) is 11.6 Å². The van der Waals surface area contributed by atoms with Gasteiger partial charge in [0.2, 0.25) is 5.91 Å². The maximum Gasteiger partial charge on any atom is 0.234 e. The van der Waals surface area contributed by atoms with Gasteiger partial charge in [-0.15, -0.1) is 28.5 Å². The Morgan fingerprint density at radius 1 is 1.10 bits per heavy atom. The third kappa shape index (κ3) is 6.97. The first-order chi connectivity index (χ1) is 15.1. The van der Waals surface area contributed by atoms with E-state index in [0.717, 1.165) is 29.2 Å². The highest BCUT2D eigenvalue weighted by atomic mass is 32.2. The number of hydrogen-bond acceptors (Lipinski definition) is 5. The zero-order valence-electron chi connectivity index (χ0n) is 17.4. The van der Waals surface area contributed by atoms with E-state index in [0.29, 0.717) is 17.5 Å². The summed E-state index contributed by atoms with van der Waals surface area (Å²) in [5.74, 6) is 2.16. The van der Waals surface area contributed by atoms with Gasteiger partial charge < -0.3 is 9.88 Å². The average molecular weight is 457 g/mol. The van der Waals surface area contributed by atoms with E-state index in [-0.39, 0.29) is 17.5 Å². The molecule has 0 aliphatic rings. The molecule has 31 heavy (non-hydrogen) atoms. The lowest BCUT2D eigenvalue weighted by atomic mass is 10.1. The maximum absolute atomic E-state index is 13.0. The van der Waals surface area contributed by atoms with Gasteiger partial charge >= 0.3 is 0 Å². The van der Waals surface area contributed by atoms with Crippen molar-refractivity contribution in [3.05, 3.63) is 84.0 Å². The quantitative estimate of drug-likeness (QED) is 0.312. The van der Waals surface area contributed by atoms with Crippen LogP contribution in [0.1, 0.15) is 23.9 Å². The van der Waals surface area contributed by atoms with Crippen molar-refractivity contribution in [3.63, 3.8) is 0 Å². The summed E-state index contributed by atoms with van der Waals surface area (Å²) in [4.78, 5) is 12.3. The van der Waals surface area contributed by atoms with E-state index < -0.39 is 0 Å². The van der Waals surface area contributed by atoms with E-state index in [1.54, 1.807) is 30.0 Å². The topological polar surface area (TPSA) is 59.8 Å². The molecule has 1 N–H and O–H groups in total. The molecule has 0 saturated carbocycles. The molecule has 0 spiro atoms. The van der Waals surface area contributed by atoms with Crippen molar-refractivity contribution >= 4 is 35.1 Å². The van der Waals surface area contributed by atoms with Gasteiger partial charge in [0.15, 0.2) is 5.16 Å². The van der Waals surface area contributed by atoms with Gasteiger partial charge in [-0.2, -0.15) is 0 Å². The van der Waals surface area contributed by atoms with Crippen molar-refractivity contribution in [2.45, 2.75) is 36.6 Å². The number of aryl methyl sites for hydroxylation is 1. The number of rotatable bonds is 11. The standard InChI is InChI=1S/C23H25FN4OS2/c1-3-13-28-21(15-30-14-18-5-9-19(24)10-6-18)26-27-23(28)31-16-22(29)25-20-11-7-17(4-2)8-12-20/h3,5-12H,1,4,13-16H2,2H3,(H,25,29). The number of hydrogen-bond donors (Lipinski definition) is 1. The van der Waals surface area contributed by atoms with E-state index in [9.17, 15) is 9.18 Å². The van der Waals surface area contributed by atoms with Crippen molar-refractivity contribution in [2.24, 2.45) is 0 Å². The van der Waals surface area contributed by atoms with E-state index in [1.807, 2.05) is 28.8 Å². The van der Waals surface area contributed by atoms with Crippen molar-refractivity contribution in [1.29, 1.82) is 0 Å². The minimum atomic E-state index is -0.233. The van der Waals surface area contributed by atoms with Crippen LogP contribution < -0.4 is 5.32 Å². The molecule has 3 rings (SSSR count). The van der Waals surface area contributed by atoms with Crippen LogP contribution in [0.4, 0.5) is 10.1 Å². The minimum Gasteiger partial charge on any atom is -0.325 e. The molecule has 8 heteroatoms. The van der Waals surface area contributed by atoms with Gasteiger partial charge in [-0.05, 0) is 41.8 Å². The molecule has 1 heterocycles. The van der Waals surface area contributed by atoms with E-state index in [4.69, 9.17) is 0 Å². The molecule has 3 aromatic rings. The lowest BCUT2D eigenvalue weighted by Crippen LogP contribution is -2.14. The summed E-state index contributed by atoms with van der Waals surface area (Å²) in [7, 11) is 0. The Balaban J connectivity index is 1.54. The summed E-state index contributed by atoms with van der Waals surface area (Å²) in [5, 5.41) is 12.2. The SMILES string of the molecule is C=CCn1c(CSCc2ccc(F)cc2)nnc1SCC(=O)Nc1ccc(CC)cc1. The van der Waals surface area contributed by atoms with Crippen LogP contribution in [0, 0.1) is 5.82 Å². The number of benzene rings is 2. The highest BCUT2D eigenvalue weighted by Crippen LogP contribution is 2.22. The number of halogens is 1. The van der Waals surface area contributed by atoms with Gasteiger partial charge in [0, 0.05) is 18.0 Å². The fraction of sp³-hybridized carbons (Fsp3) is 0.261. The predicted octanol–water partition coefficient (Wildman–Crippen LogP) is 5.33. The number of nitrogens with zero attached hydrogens (tertiary/aromatic N) is 3. The molecule has 5 nitrogen and oxygen atoms in total.